The molecule has 2 heterocycles. The summed E-state index contributed by atoms with van der Waals surface area (Å²) in [6, 6.07) is 0. The fourth-order valence-corrected chi connectivity index (χ4v) is 10.0. The van der Waals surface area contributed by atoms with E-state index in [-0.39, 0.29) is 47.6 Å². The van der Waals surface area contributed by atoms with Crippen LogP contribution in [0.1, 0.15) is 66.2 Å². The van der Waals surface area contributed by atoms with Gasteiger partial charge in [0.25, 0.3) is 0 Å². The maximum atomic E-state index is 13.2. The Morgan fingerprint density at radius 1 is 1.05 bits per heavy atom. The molecule has 1 saturated heterocycles. The van der Waals surface area contributed by atoms with Crippen molar-refractivity contribution in [2.75, 3.05) is 13.2 Å². The third-order valence-corrected chi connectivity index (χ3v) is 12.7. The average Bonchev–Trinajstić information content (AvgIpc) is 3.34. The number of allylic oxidation sites excluding steroid dienone is 3. The molecular weight excluding hydrogens is 568 g/mol. The third kappa shape index (κ3) is 4.87. The molecule has 10 nitrogen and oxygen atoms in total. The van der Waals surface area contributed by atoms with E-state index in [9.17, 15) is 35.1 Å². The highest BCUT2D eigenvalue weighted by atomic mass is 16.7. The number of hydrogen-bond donors (Lipinski definition) is 5. The lowest BCUT2D eigenvalue weighted by molar-refractivity contribution is -0.299. The molecule has 0 aromatic heterocycles. The van der Waals surface area contributed by atoms with E-state index in [1.54, 1.807) is 6.08 Å². The van der Waals surface area contributed by atoms with Gasteiger partial charge in [-0.05, 0) is 87.0 Å². The first kappa shape index (κ1) is 32.0. The first-order valence-electron chi connectivity index (χ1n) is 16.2. The van der Waals surface area contributed by atoms with Crippen molar-refractivity contribution in [1.29, 1.82) is 0 Å². The maximum Gasteiger partial charge on any atom is 0.336 e. The number of carbonyl (C=O) groups excluding carboxylic acids is 2. The van der Waals surface area contributed by atoms with Crippen LogP contribution in [0, 0.1) is 40.4 Å². The summed E-state index contributed by atoms with van der Waals surface area (Å²) < 4.78 is 17.1. The van der Waals surface area contributed by atoms with Crippen LogP contribution in [0.2, 0.25) is 0 Å². The van der Waals surface area contributed by atoms with E-state index < -0.39 is 54.8 Å². The molecule has 4 aliphatic carbocycles. The summed E-state index contributed by atoms with van der Waals surface area (Å²) in [5.74, 6) is 0.452. The molecule has 0 radical (unpaired) electrons. The molecule has 0 aromatic rings. The zero-order chi connectivity index (χ0) is 31.7. The van der Waals surface area contributed by atoms with Gasteiger partial charge < -0.3 is 39.7 Å². The van der Waals surface area contributed by atoms with Gasteiger partial charge in [-0.2, -0.15) is 0 Å². The van der Waals surface area contributed by atoms with E-state index in [2.05, 4.69) is 20.8 Å². The van der Waals surface area contributed by atoms with E-state index >= 15 is 0 Å². The monoisotopic (exact) mass is 616 g/mol. The van der Waals surface area contributed by atoms with E-state index in [0.717, 1.165) is 43.3 Å². The van der Waals surface area contributed by atoms with E-state index in [4.69, 9.17) is 14.2 Å². The summed E-state index contributed by atoms with van der Waals surface area (Å²) in [4.78, 5) is 26.5. The van der Waals surface area contributed by atoms with Gasteiger partial charge in [-0.1, -0.05) is 37.1 Å². The average molecular weight is 617 g/mol. The molecule has 2 unspecified atom stereocenters. The van der Waals surface area contributed by atoms with Gasteiger partial charge in [0.2, 0.25) is 0 Å². The second kappa shape index (κ2) is 11.7. The minimum atomic E-state index is -1.56. The topological polar surface area (TPSA) is 163 Å². The van der Waals surface area contributed by atoms with Gasteiger partial charge in [0, 0.05) is 6.42 Å². The number of ether oxygens (including phenoxy) is 3. The summed E-state index contributed by atoms with van der Waals surface area (Å²) in [5, 5.41) is 51.2. The van der Waals surface area contributed by atoms with Gasteiger partial charge >= 0.3 is 5.97 Å². The summed E-state index contributed by atoms with van der Waals surface area (Å²) in [7, 11) is 0. The number of aliphatic hydroxyl groups excluding tert-OH is 5. The molecule has 2 aliphatic heterocycles. The minimum Gasteiger partial charge on any atom is -0.458 e. The Kier molecular flexibility index (Phi) is 8.52. The molecule has 3 fully saturated rings. The van der Waals surface area contributed by atoms with Crippen LogP contribution < -0.4 is 0 Å². The lowest BCUT2D eigenvalue weighted by Crippen LogP contribution is -2.59. The summed E-state index contributed by atoms with van der Waals surface area (Å²) in [6.07, 6.45) is 2.76. The molecule has 6 rings (SSSR count). The fourth-order valence-electron chi connectivity index (χ4n) is 10.0. The van der Waals surface area contributed by atoms with Gasteiger partial charge in [0.1, 0.15) is 30.5 Å². The van der Waals surface area contributed by atoms with Gasteiger partial charge in [-0.15, -0.1) is 0 Å². The van der Waals surface area contributed by atoms with Crippen molar-refractivity contribution in [1.82, 2.24) is 0 Å². The Bertz CT molecular complexity index is 1250. The molecule has 44 heavy (non-hydrogen) atoms. The molecule has 2 saturated carbocycles. The third-order valence-electron chi connectivity index (χ3n) is 12.7. The largest absolute Gasteiger partial charge is 0.458 e. The van der Waals surface area contributed by atoms with Crippen molar-refractivity contribution in [2.24, 2.45) is 40.4 Å². The van der Waals surface area contributed by atoms with Crippen LogP contribution in [0.4, 0.5) is 0 Å². The Balaban J connectivity index is 1.14. The minimum absolute atomic E-state index is 0.0249. The second-order valence-corrected chi connectivity index (χ2v) is 14.6. The first-order chi connectivity index (χ1) is 20.8. The number of cyclic esters (lactones) is 1. The summed E-state index contributed by atoms with van der Waals surface area (Å²) in [6.45, 7) is 7.68. The van der Waals surface area contributed by atoms with E-state index in [1.807, 2.05) is 19.1 Å². The predicted molar refractivity (Wildman–Crippen MR) is 158 cm³/mol. The lowest BCUT2D eigenvalue weighted by atomic mass is 9.46. The molecule has 5 N–H and O–H groups in total. The SMILES string of the molecule is CC1=C(CO[C@@H]2O[C@H](CO)[C@@H](O)[C@H](O)[C@H]2O)C(=O)OC([C@@H](C)[C@H]2CC[C@H]3C4[C@H](O)C=C5CC=CC(=O)[C@]5(C)[C@H]4CC[C@]23C)C1. The van der Waals surface area contributed by atoms with E-state index in [0.29, 0.717) is 17.9 Å². The van der Waals surface area contributed by atoms with Crippen molar-refractivity contribution < 1.29 is 49.3 Å². The number of fused-ring (bicyclic) bond motifs is 5. The van der Waals surface area contributed by atoms with Gasteiger partial charge in [-0.3, -0.25) is 4.79 Å². The smallest absolute Gasteiger partial charge is 0.336 e. The normalized spacial score (nSPS) is 47.8. The molecule has 0 spiro atoms. The lowest BCUT2D eigenvalue weighted by Gasteiger charge is -2.58. The zero-order valence-corrected chi connectivity index (χ0v) is 26.1. The molecular formula is C34H48O10. The molecule has 6 aliphatic rings. The standard InChI is InChI=1S/C34H48O10/c1-16-12-24(43-31(41)19(16)15-42-32-30(40)29(39)28(38)25(14-35)44-32)17(2)20-8-9-21-27-22(10-11-33(20,21)3)34(4)18(13-23(27)36)6-5-7-26(34)37/h5,7,13,17,20-25,27-30,32,35-36,38-40H,6,8-12,14-15H2,1-4H3/t17-,20+,21-,22-,23+,24?,25+,27?,28+,29-,30+,32+,33+,34-/m0/s1. The van der Waals surface area contributed by atoms with Crippen molar-refractivity contribution in [3.8, 4) is 0 Å². The highest BCUT2D eigenvalue weighted by Gasteiger charge is 2.63. The Hall–Kier alpha value is -1.92. The van der Waals surface area contributed by atoms with Crippen LogP contribution in [-0.2, 0) is 23.8 Å². The molecule has 10 heteroatoms. The number of rotatable bonds is 6. The predicted octanol–water partition coefficient (Wildman–Crippen LogP) is 1.97. The molecule has 14 atom stereocenters. The quantitative estimate of drug-likeness (QED) is 0.220. The van der Waals surface area contributed by atoms with Gasteiger partial charge in [-0.25, -0.2) is 4.79 Å². The first-order valence-corrected chi connectivity index (χ1v) is 16.2. The number of aliphatic hydroxyl groups is 5. The zero-order valence-electron chi connectivity index (χ0n) is 26.1. The highest BCUT2D eigenvalue weighted by Crippen LogP contribution is 2.66. The fraction of sp³-hybridized carbons (Fsp3) is 0.765. The van der Waals surface area contributed by atoms with Crippen molar-refractivity contribution in [3.63, 3.8) is 0 Å². The van der Waals surface area contributed by atoms with Crippen molar-refractivity contribution >= 4 is 11.8 Å². The van der Waals surface area contributed by atoms with Crippen molar-refractivity contribution in [3.05, 3.63) is 34.9 Å². The van der Waals surface area contributed by atoms with Crippen LogP contribution in [0.5, 0.6) is 0 Å². The number of carbonyl (C=O) groups is 2. The van der Waals surface area contributed by atoms with Crippen LogP contribution in [0.3, 0.4) is 0 Å². The Morgan fingerprint density at radius 3 is 2.50 bits per heavy atom. The summed E-state index contributed by atoms with van der Waals surface area (Å²) in [5.41, 5.74) is 1.62. The van der Waals surface area contributed by atoms with Gasteiger partial charge in [0.15, 0.2) is 12.1 Å². The number of hydrogen-bond acceptors (Lipinski definition) is 10. The second-order valence-electron chi connectivity index (χ2n) is 14.6. The Morgan fingerprint density at radius 2 is 1.80 bits per heavy atom. The van der Waals surface area contributed by atoms with Crippen LogP contribution >= 0.6 is 0 Å². The maximum absolute atomic E-state index is 13.2. The van der Waals surface area contributed by atoms with Crippen LogP contribution in [-0.4, -0.2) is 93.4 Å². The van der Waals surface area contributed by atoms with Gasteiger partial charge in [0.05, 0.1) is 30.3 Å². The van der Waals surface area contributed by atoms with E-state index in [1.165, 1.54) is 0 Å². The highest BCUT2D eigenvalue weighted by molar-refractivity contribution is 5.98. The molecule has 0 amide bonds. The van der Waals surface area contributed by atoms with Crippen molar-refractivity contribution in [2.45, 2.75) is 109 Å². The number of ketones is 1. The Labute approximate surface area is 258 Å². The molecule has 0 aromatic carbocycles. The molecule has 0 bridgehead atoms. The number of esters is 1. The molecule has 244 valence electrons. The van der Waals surface area contributed by atoms with Crippen LogP contribution in [0.25, 0.3) is 0 Å². The summed E-state index contributed by atoms with van der Waals surface area (Å²) >= 11 is 0. The van der Waals surface area contributed by atoms with Crippen LogP contribution in [0.15, 0.2) is 34.9 Å².